The van der Waals surface area contributed by atoms with Crippen LogP contribution < -0.4 is 4.90 Å². The third kappa shape index (κ3) is 2.15. The van der Waals surface area contributed by atoms with E-state index in [4.69, 9.17) is 0 Å². The molecule has 1 aromatic rings. The Morgan fingerprint density at radius 2 is 1.94 bits per heavy atom. The van der Waals surface area contributed by atoms with E-state index in [9.17, 15) is 10.1 Å². The molecule has 2 rings (SSSR count). The van der Waals surface area contributed by atoms with Crippen LogP contribution in [0.15, 0.2) is 18.2 Å². The van der Waals surface area contributed by atoms with Gasteiger partial charge < -0.3 is 4.90 Å². The molecule has 0 aliphatic carbocycles. The van der Waals surface area contributed by atoms with Crippen molar-refractivity contribution in [1.29, 1.82) is 0 Å². The van der Waals surface area contributed by atoms with Crippen molar-refractivity contribution in [3.05, 3.63) is 33.9 Å². The second-order valence-corrected chi connectivity index (χ2v) is 4.30. The second-order valence-electron chi connectivity index (χ2n) is 4.30. The molecule has 0 aromatic heterocycles. The summed E-state index contributed by atoms with van der Waals surface area (Å²) >= 11 is 0. The molecular formula is C12H16N2O2. The predicted molar refractivity (Wildman–Crippen MR) is 63.9 cm³/mol. The zero-order valence-electron chi connectivity index (χ0n) is 9.48. The minimum absolute atomic E-state index is 0.238. The first kappa shape index (κ1) is 10.9. The predicted octanol–water partition coefficient (Wildman–Crippen LogP) is 2.89. The van der Waals surface area contributed by atoms with Crippen LogP contribution in [0.3, 0.4) is 0 Å². The van der Waals surface area contributed by atoms with Gasteiger partial charge >= 0.3 is 0 Å². The van der Waals surface area contributed by atoms with Gasteiger partial charge in [0.05, 0.1) is 4.92 Å². The van der Waals surface area contributed by atoms with Gasteiger partial charge in [0.1, 0.15) is 5.69 Å². The molecule has 1 saturated heterocycles. The van der Waals surface area contributed by atoms with Crippen LogP contribution in [-0.4, -0.2) is 18.0 Å². The van der Waals surface area contributed by atoms with Gasteiger partial charge in [-0.3, -0.25) is 10.1 Å². The van der Waals surface area contributed by atoms with Gasteiger partial charge in [-0.2, -0.15) is 0 Å². The highest BCUT2D eigenvalue weighted by molar-refractivity contribution is 5.64. The Labute approximate surface area is 95.0 Å². The van der Waals surface area contributed by atoms with Crippen molar-refractivity contribution >= 4 is 11.4 Å². The van der Waals surface area contributed by atoms with E-state index in [1.165, 1.54) is 6.42 Å². The molecule has 0 atom stereocenters. The number of hydrogen-bond donors (Lipinski definition) is 0. The summed E-state index contributed by atoms with van der Waals surface area (Å²) in [5, 5.41) is 11.0. The van der Waals surface area contributed by atoms with Crippen LogP contribution in [0.25, 0.3) is 0 Å². The highest BCUT2D eigenvalue weighted by atomic mass is 16.6. The van der Waals surface area contributed by atoms with Crippen LogP contribution in [0.4, 0.5) is 11.4 Å². The number of benzene rings is 1. The average Bonchev–Trinajstić information content (AvgIpc) is 2.30. The molecule has 0 N–H and O–H groups in total. The molecule has 4 nitrogen and oxygen atoms in total. The van der Waals surface area contributed by atoms with Gasteiger partial charge in [0, 0.05) is 19.2 Å². The van der Waals surface area contributed by atoms with Crippen molar-refractivity contribution in [2.24, 2.45) is 0 Å². The lowest BCUT2D eigenvalue weighted by molar-refractivity contribution is -0.384. The first-order chi connectivity index (χ1) is 7.68. The molecular weight excluding hydrogens is 204 g/mol. The number of rotatable bonds is 2. The van der Waals surface area contributed by atoms with E-state index in [0.29, 0.717) is 0 Å². The summed E-state index contributed by atoms with van der Waals surface area (Å²) in [4.78, 5) is 12.8. The summed E-state index contributed by atoms with van der Waals surface area (Å²) in [6, 6.07) is 5.47. The van der Waals surface area contributed by atoms with E-state index < -0.39 is 0 Å². The molecule has 1 aliphatic rings. The number of aryl methyl sites for hydroxylation is 1. The number of piperidine rings is 1. The van der Waals surface area contributed by atoms with Crippen LogP contribution in [0.2, 0.25) is 0 Å². The quantitative estimate of drug-likeness (QED) is 0.568. The Balaban J connectivity index is 2.34. The van der Waals surface area contributed by atoms with Crippen molar-refractivity contribution in [2.75, 3.05) is 18.0 Å². The van der Waals surface area contributed by atoms with E-state index in [0.717, 1.165) is 37.2 Å². The topological polar surface area (TPSA) is 46.4 Å². The van der Waals surface area contributed by atoms with Crippen molar-refractivity contribution in [3.63, 3.8) is 0 Å². The van der Waals surface area contributed by atoms with E-state index >= 15 is 0 Å². The van der Waals surface area contributed by atoms with Gasteiger partial charge in [0.2, 0.25) is 0 Å². The van der Waals surface area contributed by atoms with Crippen molar-refractivity contribution in [2.45, 2.75) is 26.2 Å². The second kappa shape index (κ2) is 4.51. The van der Waals surface area contributed by atoms with Gasteiger partial charge in [0.15, 0.2) is 0 Å². The molecule has 4 heteroatoms. The smallest absolute Gasteiger partial charge is 0.292 e. The number of anilines is 1. The van der Waals surface area contributed by atoms with Gasteiger partial charge in [0.25, 0.3) is 5.69 Å². The van der Waals surface area contributed by atoms with Crippen LogP contribution in [0, 0.1) is 17.0 Å². The minimum atomic E-state index is -0.281. The Morgan fingerprint density at radius 3 is 2.56 bits per heavy atom. The summed E-state index contributed by atoms with van der Waals surface area (Å²) in [5.41, 5.74) is 1.95. The zero-order valence-corrected chi connectivity index (χ0v) is 9.48. The molecule has 0 spiro atoms. The lowest BCUT2D eigenvalue weighted by Crippen LogP contribution is -2.29. The number of nitro groups is 1. The monoisotopic (exact) mass is 220 g/mol. The van der Waals surface area contributed by atoms with Crippen LogP contribution in [-0.2, 0) is 0 Å². The third-order valence-electron chi connectivity index (χ3n) is 3.02. The first-order valence-electron chi connectivity index (χ1n) is 5.68. The van der Waals surface area contributed by atoms with Crippen LogP contribution in [0.1, 0.15) is 24.8 Å². The number of nitrogens with zero attached hydrogens (tertiary/aromatic N) is 2. The fourth-order valence-corrected chi connectivity index (χ4v) is 2.18. The zero-order chi connectivity index (χ0) is 11.5. The van der Waals surface area contributed by atoms with Gasteiger partial charge in [-0.1, -0.05) is 6.07 Å². The fourth-order valence-electron chi connectivity index (χ4n) is 2.18. The number of nitro benzene ring substituents is 1. The molecule has 0 saturated carbocycles. The Bertz CT molecular complexity index is 398. The highest BCUT2D eigenvalue weighted by Crippen LogP contribution is 2.30. The number of hydrogen-bond acceptors (Lipinski definition) is 3. The van der Waals surface area contributed by atoms with Crippen LogP contribution >= 0.6 is 0 Å². The maximum Gasteiger partial charge on any atom is 0.292 e. The molecule has 1 heterocycles. The Kier molecular flexibility index (Phi) is 3.08. The summed E-state index contributed by atoms with van der Waals surface area (Å²) < 4.78 is 0. The van der Waals surface area contributed by atoms with Gasteiger partial charge in [-0.15, -0.1) is 0 Å². The van der Waals surface area contributed by atoms with Crippen molar-refractivity contribution < 1.29 is 4.92 Å². The van der Waals surface area contributed by atoms with E-state index in [1.54, 1.807) is 6.07 Å². The molecule has 0 unspecified atom stereocenters. The van der Waals surface area contributed by atoms with Crippen molar-refractivity contribution in [1.82, 2.24) is 0 Å². The third-order valence-corrected chi connectivity index (χ3v) is 3.02. The lowest BCUT2D eigenvalue weighted by Gasteiger charge is -2.28. The normalized spacial score (nSPS) is 16.2. The largest absolute Gasteiger partial charge is 0.366 e. The van der Waals surface area contributed by atoms with E-state index in [2.05, 4.69) is 4.90 Å². The summed E-state index contributed by atoms with van der Waals surface area (Å²) in [7, 11) is 0. The van der Waals surface area contributed by atoms with E-state index in [-0.39, 0.29) is 10.6 Å². The fraction of sp³-hybridized carbons (Fsp3) is 0.500. The highest BCUT2D eigenvalue weighted by Gasteiger charge is 2.20. The molecule has 1 aliphatic heterocycles. The standard InChI is InChI=1S/C12H16N2O2/c1-10-5-6-11(12(9-10)14(15)16)13-7-3-2-4-8-13/h5-6,9H,2-4,7-8H2,1H3. The average molecular weight is 220 g/mol. The van der Waals surface area contributed by atoms with Gasteiger partial charge in [-0.05, 0) is 37.8 Å². The Morgan fingerprint density at radius 1 is 1.25 bits per heavy atom. The Hall–Kier alpha value is -1.58. The molecule has 86 valence electrons. The molecule has 16 heavy (non-hydrogen) atoms. The summed E-state index contributed by atoms with van der Waals surface area (Å²) in [5.74, 6) is 0. The first-order valence-corrected chi connectivity index (χ1v) is 5.68. The summed E-state index contributed by atoms with van der Waals surface area (Å²) in [6.45, 7) is 3.75. The minimum Gasteiger partial charge on any atom is -0.366 e. The van der Waals surface area contributed by atoms with Crippen molar-refractivity contribution in [3.8, 4) is 0 Å². The molecule has 1 fully saturated rings. The summed E-state index contributed by atoms with van der Waals surface area (Å²) in [6.07, 6.45) is 3.49. The van der Waals surface area contributed by atoms with Gasteiger partial charge in [-0.25, -0.2) is 0 Å². The van der Waals surface area contributed by atoms with Crippen LogP contribution in [0.5, 0.6) is 0 Å². The molecule has 1 aromatic carbocycles. The van der Waals surface area contributed by atoms with E-state index in [1.807, 2.05) is 19.1 Å². The maximum absolute atomic E-state index is 11.0. The maximum atomic E-state index is 11.0. The molecule has 0 amide bonds. The molecule has 0 radical (unpaired) electrons. The lowest BCUT2D eigenvalue weighted by atomic mass is 10.1. The SMILES string of the molecule is Cc1ccc(N2CCCCC2)c([N+](=O)[O-])c1. The molecule has 0 bridgehead atoms.